The summed E-state index contributed by atoms with van der Waals surface area (Å²) in [6.07, 6.45) is 9.30. The maximum atomic E-state index is 13.9. The number of carbonyl (C=O) groups excluding carboxylic acids is 3. The van der Waals surface area contributed by atoms with Gasteiger partial charge in [-0.1, -0.05) is 44.4 Å². The van der Waals surface area contributed by atoms with Crippen LogP contribution in [0.1, 0.15) is 63.5 Å². The second kappa shape index (κ2) is 9.08. The van der Waals surface area contributed by atoms with E-state index in [2.05, 4.69) is 10.6 Å². The Morgan fingerprint density at radius 3 is 2.46 bits per heavy atom. The van der Waals surface area contributed by atoms with Crippen LogP contribution in [-0.4, -0.2) is 52.5 Å². The minimum atomic E-state index is -1.10. The molecule has 6 atom stereocenters. The normalized spacial score (nSPS) is 32.6. The number of carbonyl (C=O) groups is 3. The molecule has 4 aliphatic rings. The third-order valence-corrected chi connectivity index (χ3v) is 8.37. The highest BCUT2D eigenvalue weighted by molar-refractivity contribution is 6.03. The molecule has 1 aromatic carbocycles. The first kappa shape index (κ1) is 24.0. The van der Waals surface area contributed by atoms with Gasteiger partial charge in [-0.15, -0.1) is 0 Å². The number of likely N-dealkylation sites (tertiary alicyclic amines) is 1. The molecule has 5 rings (SSSR count). The first-order valence-electron chi connectivity index (χ1n) is 13.1. The quantitative estimate of drug-likeness (QED) is 0.610. The van der Waals surface area contributed by atoms with Gasteiger partial charge in [0.05, 0.1) is 17.9 Å². The van der Waals surface area contributed by atoms with Gasteiger partial charge >= 0.3 is 0 Å². The fourth-order valence-electron chi connectivity index (χ4n) is 6.68. The van der Waals surface area contributed by atoms with Gasteiger partial charge in [-0.05, 0) is 63.3 Å². The molecule has 3 aliphatic heterocycles. The van der Waals surface area contributed by atoms with Gasteiger partial charge in [-0.3, -0.25) is 14.4 Å². The molecule has 3 fully saturated rings. The van der Waals surface area contributed by atoms with Gasteiger partial charge in [-0.2, -0.15) is 0 Å². The number of rotatable bonds is 6. The predicted octanol–water partition coefficient (Wildman–Crippen LogP) is 3.64. The van der Waals surface area contributed by atoms with Crippen LogP contribution >= 0.6 is 0 Å². The molecule has 35 heavy (non-hydrogen) atoms. The standard InChI is InChI=1S/C28H37N3O4/c1-5-18(4)31-24(26(33)29-19-9-7-6-8-10-19)28-12-11-21(35-28)22(23(28)27(31)34)25(32)30-20-14-16(2)13-17(3)15-20/h11-15,18-19,21-24H,5-10H2,1-4H3,(H,29,33)(H,30,32). The van der Waals surface area contributed by atoms with Crippen molar-refractivity contribution in [2.24, 2.45) is 11.8 Å². The van der Waals surface area contributed by atoms with Crippen LogP contribution in [0.2, 0.25) is 0 Å². The summed E-state index contributed by atoms with van der Waals surface area (Å²) in [5, 5.41) is 6.25. The lowest BCUT2D eigenvalue weighted by Gasteiger charge is -2.36. The molecule has 2 N–H and O–H groups in total. The molecule has 7 nitrogen and oxygen atoms in total. The van der Waals surface area contributed by atoms with Crippen molar-refractivity contribution in [1.82, 2.24) is 10.2 Å². The maximum absolute atomic E-state index is 13.9. The summed E-state index contributed by atoms with van der Waals surface area (Å²) in [6, 6.07) is 5.13. The second-order valence-corrected chi connectivity index (χ2v) is 10.9. The van der Waals surface area contributed by atoms with Gasteiger partial charge in [0.25, 0.3) is 0 Å². The van der Waals surface area contributed by atoms with Gasteiger partial charge in [0.1, 0.15) is 11.6 Å². The maximum Gasteiger partial charge on any atom is 0.246 e. The number of benzene rings is 1. The second-order valence-electron chi connectivity index (χ2n) is 10.9. The Morgan fingerprint density at radius 2 is 1.80 bits per heavy atom. The van der Waals surface area contributed by atoms with Crippen molar-refractivity contribution in [3.05, 3.63) is 41.5 Å². The number of ether oxygens (including phenoxy) is 1. The molecule has 2 saturated heterocycles. The van der Waals surface area contributed by atoms with E-state index in [1.807, 2.05) is 58.0 Å². The molecule has 1 spiro atoms. The zero-order valence-electron chi connectivity index (χ0n) is 21.2. The fourth-order valence-corrected chi connectivity index (χ4v) is 6.68. The number of hydrogen-bond donors (Lipinski definition) is 2. The highest BCUT2D eigenvalue weighted by Gasteiger charge is 2.73. The summed E-state index contributed by atoms with van der Waals surface area (Å²) in [5.41, 5.74) is 1.72. The number of amides is 3. The smallest absolute Gasteiger partial charge is 0.246 e. The van der Waals surface area contributed by atoms with Crippen molar-refractivity contribution in [3.63, 3.8) is 0 Å². The van der Waals surface area contributed by atoms with Crippen molar-refractivity contribution in [2.45, 2.75) is 96.1 Å². The molecular weight excluding hydrogens is 442 g/mol. The van der Waals surface area contributed by atoms with E-state index < -0.39 is 29.6 Å². The Kier molecular flexibility index (Phi) is 6.24. The van der Waals surface area contributed by atoms with E-state index in [0.29, 0.717) is 12.1 Å². The number of anilines is 1. The predicted molar refractivity (Wildman–Crippen MR) is 134 cm³/mol. The molecule has 188 valence electrons. The van der Waals surface area contributed by atoms with Crippen LogP contribution in [-0.2, 0) is 19.1 Å². The SMILES string of the molecule is CCC(C)N1C(=O)C2C(C(=O)Nc3cc(C)cc(C)c3)C3C=CC2(O3)C1C(=O)NC1CCCCC1. The molecule has 0 aromatic heterocycles. The van der Waals surface area contributed by atoms with Gasteiger partial charge in [-0.25, -0.2) is 0 Å². The Bertz CT molecular complexity index is 1040. The van der Waals surface area contributed by atoms with Crippen LogP contribution in [0.3, 0.4) is 0 Å². The first-order chi connectivity index (χ1) is 16.7. The molecule has 7 heteroatoms. The van der Waals surface area contributed by atoms with Gasteiger partial charge in [0, 0.05) is 17.8 Å². The van der Waals surface area contributed by atoms with E-state index in [1.54, 1.807) is 4.90 Å². The largest absolute Gasteiger partial charge is 0.359 e. The van der Waals surface area contributed by atoms with Gasteiger partial charge in [0.15, 0.2) is 0 Å². The average molecular weight is 480 g/mol. The van der Waals surface area contributed by atoms with Crippen molar-refractivity contribution in [2.75, 3.05) is 5.32 Å². The fraction of sp³-hybridized carbons (Fsp3) is 0.607. The summed E-state index contributed by atoms with van der Waals surface area (Å²) in [6.45, 7) is 7.96. The zero-order chi connectivity index (χ0) is 24.9. The van der Waals surface area contributed by atoms with Crippen molar-refractivity contribution < 1.29 is 19.1 Å². The molecule has 0 radical (unpaired) electrons. The highest BCUT2D eigenvalue weighted by atomic mass is 16.5. The van der Waals surface area contributed by atoms with Gasteiger partial charge in [0.2, 0.25) is 17.7 Å². The van der Waals surface area contributed by atoms with Crippen LogP contribution in [0, 0.1) is 25.7 Å². The summed E-state index contributed by atoms with van der Waals surface area (Å²) >= 11 is 0. The van der Waals surface area contributed by atoms with E-state index >= 15 is 0 Å². The molecular formula is C28H37N3O4. The third-order valence-electron chi connectivity index (χ3n) is 8.37. The van der Waals surface area contributed by atoms with Crippen LogP contribution in [0.5, 0.6) is 0 Å². The Morgan fingerprint density at radius 1 is 1.11 bits per heavy atom. The summed E-state index contributed by atoms with van der Waals surface area (Å²) in [5.74, 6) is -1.93. The number of nitrogens with one attached hydrogen (secondary N) is 2. The molecule has 3 heterocycles. The zero-order valence-corrected chi connectivity index (χ0v) is 21.2. The Labute approximate surface area is 207 Å². The van der Waals surface area contributed by atoms with E-state index in [0.717, 1.165) is 36.8 Å². The highest BCUT2D eigenvalue weighted by Crippen LogP contribution is 2.55. The van der Waals surface area contributed by atoms with E-state index in [-0.39, 0.29) is 29.8 Å². The van der Waals surface area contributed by atoms with E-state index in [1.165, 1.54) is 6.42 Å². The number of nitrogens with zero attached hydrogens (tertiary/aromatic N) is 1. The number of hydrogen-bond acceptors (Lipinski definition) is 4. The lowest BCUT2D eigenvalue weighted by Crippen LogP contribution is -2.58. The Hall–Kier alpha value is -2.67. The topological polar surface area (TPSA) is 87.7 Å². The number of aryl methyl sites for hydroxylation is 2. The monoisotopic (exact) mass is 479 g/mol. The minimum Gasteiger partial charge on any atom is -0.359 e. The van der Waals surface area contributed by atoms with Crippen molar-refractivity contribution >= 4 is 23.4 Å². The van der Waals surface area contributed by atoms with Crippen LogP contribution < -0.4 is 10.6 Å². The van der Waals surface area contributed by atoms with Crippen molar-refractivity contribution in [3.8, 4) is 0 Å². The number of fused-ring (bicyclic) bond motifs is 1. The minimum absolute atomic E-state index is 0.131. The molecule has 1 aliphatic carbocycles. The Balaban J connectivity index is 1.45. The lowest BCUT2D eigenvalue weighted by molar-refractivity contribution is -0.143. The van der Waals surface area contributed by atoms with Crippen LogP contribution in [0.25, 0.3) is 0 Å². The van der Waals surface area contributed by atoms with Crippen molar-refractivity contribution in [1.29, 1.82) is 0 Å². The summed E-state index contributed by atoms with van der Waals surface area (Å²) in [4.78, 5) is 42.9. The summed E-state index contributed by atoms with van der Waals surface area (Å²) in [7, 11) is 0. The molecule has 1 saturated carbocycles. The van der Waals surface area contributed by atoms with E-state index in [9.17, 15) is 14.4 Å². The lowest BCUT2D eigenvalue weighted by atomic mass is 9.74. The molecule has 3 amide bonds. The van der Waals surface area contributed by atoms with Crippen LogP contribution in [0.4, 0.5) is 5.69 Å². The average Bonchev–Trinajstić information content (AvgIpc) is 3.45. The molecule has 2 bridgehead atoms. The molecule has 6 unspecified atom stereocenters. The van der Waals surface area contributed by atoms with Crippen LogP contribution in [0.15, 0.2) is 30.4 Å². The van der Waals surface area contributed by atoms with Gasteiger partial charge < -0.3 is 20.3 Å². The van der Waals surface area contributed by atoms with E-state index in [4.69, 9.17) is 4.74 Å². The molecule has 1 aromatic rings. The summed E-state index contributed by atoms with van der Waals surface area (Å²) < 4.78 is 6.43. The first-order valence-corrected chi connectivity index (χ1v) is 13.1. The third kappa shape index (κ3) is 3.98.